The normalized spacial score (nSPS) is 19.3. The summed E-state index contributed by atoms with van der Waals surface area (Å²) in [6, 6.07) is 2.70. The number of methoxy groups -OCH3 is 1. The van der Waals surface area contributed by atoms with Crippen LogP contribution in [0, 0.1) is 17.7 Å². The summed E-state index contributed by atoms with van der Waals surface area (Å²) in [4.78, 5) is 40.3. The predicted molar refractivity (Wildman–Crippen MR) is 192 cm³/mol. The number of benzene rings is 1. The minimum Gasteiger partial charge on any atom is -0.469 e. The Bertz CT molecular complexity index is 1180. The Balaban J connectivity index is 0.00000126. The Kier molecular flexibility index (Phi) is 23.2. The number of ether oxygens (including phenoxy) is 1. The number of carbonyl (C=O) groups is 3. The van der Waals surface area contributed by atoms with Crippen molar-refractivity contribution in [3.05, 3.63) is 64.6 Å². The van der Waals surface area contributed by atoms with Crippen molar-refractivity contribution in [1.82, 2.24) is 9.80 Å². The van der Waals surface area contributed by atoms with E-state index in [1.54, 1.807) is 11.1 Å². The molecule has 2 aliphatic rings. The lowest BCUT2D eigenvalue weighted by molar-refractivity contribution is -0.146. The molecule has 2 atom stereocenters. The number of amides is 2. The van der Waals surface area contributed by atoms with Gasteiger partial charge in [0.25, 0.3) is 5.91 Å². The van der Waals surface area contributed by atoms with Crippen molar-refractivity contribution in [3.63, 3.8) is 0 Å². The van der Waals surface area contributed by atoms with E-state index in [9.17, 15) is 18.8 Å². The Hall–Kier alpha value is -3.17. The van der Waals surface area contributed by atoms with Crippen molar-refractivity contribution in [2.45, 2.75) is 99.0 Å². The second kappa shape index (κ2) is 24.9. The molecule has 1 saturated carbocycles. The van der Waals surface area contributed by atoms with E-state index in [0.717, 1.165) is 32.8 Å². The van der Waals surface area contributed by atoms with E-state index in [-0.39, 0.29) is 58.4 Å². The molecule has 2 N–H and O–H groups in total. The molecule has 1 aliphatic carbocycles. The van der Waals surface area contributed by atoms with Gasteiger partial charge >= 0.3 is 5.97 Å². The Morgan fingerprint density at radius 3 is 2.32 bits per heavy atom. The molecule has 266 valence electrons. The quantitative estimate of drug-likeness (QED) is 0.214. The van der Waals surface area contributed by atoms with Gasteiger partial charge in [0.2, 0.25) is 5.91 Å². The zero-order valence-electron chi connectivity index (χ0n) is 30.1. The first-order chi connectivity index (χ1) is 22.5. The third-order valence-electron chi connectivity index (χ3n) is 8.02. The van der Waals surface area contributed by atoms with E-state index < -0.39 is 5.82 Å². The SMILES string of the molecule is CC.CC[C@@H](C)N(CC)C(=O)Cc1cc(Cl)c(NC(=O)/C2=C/N(C)C/C=C\C/C=C\C2C)cc1F.CO.COC(=O)C1CCCCC1. The zero-order chi connectivity index (χ0) is 35.9. The van der Waals surface area contributed by atoms with Crippen LogP contribution in [0.25, 0.3) is 0 Å². The maximum atomic E-state index is 14.9. The highest BCUT2D eigenvalue weighted by molar-refractivity contribution is 6.34. The van der Waals surface area contributed by atoms with Crippen LogP contribution in [0.2, 0.25) is 5.02 Å². The van der Waals surface area contributed by atoms with E-state index in [4.69, 9.17) is 16.7 Å². The van der Waals surface area contributed by atoms with Gasteiger partial charge in [0, 0.05) is 51.0 Å². The minimum absolute atomic E-state index is 0.0142. The molecule has 0 bridgehead atoms. The van der Waals surface area contributed by atoms with Gasteiger partial charge in [-0.25, -0.2) is 4.39 Å². The van der Waals surface area contributed by atoms with Crippen molar-refractivity contribution in [3.8, 4) is 0 Å². The molecule has 0 aromatic heterocycles. The van der Waals surface area contributed by atoms with Gasteiger partial charge in [-0.15, -0.1) is 0 Å². The van der Waals surface area contributed by atoms with Crippen molar-refractivity contribution >= 4 is 35.1 Å². The molecule has 0 saturated heterocycles. The van der Waals surface area contributed by atoms with Crippen LogP contribution >= 0.6 is 11.6 Å². The maximum Gasteiger partial charge on any atom is 0.308 e. The topological polar surface area (TPSA) is 99.2 Å². The zero-order valence-corrected chi connectivity index (χ0v) is 30.8. The molecule has 1 aliphatic heterocycles. The largest absolute Gasteiger partial charge is 0.469 e. The first-order valence-electron chi connectivity index (χ1n) is 16.9. The third-order valence-corrected chi connectivity index (χ3v) is 8.33. The van der Waals surface area contributed by atoms with Gasteiger partial charge in [-0.05, 0) is 57.2 Å². The van der Waals surface area contributed by atoms with E-state index in [0.29, 0.717) is 18.7 Å². The predicted octanol–water partition coefficient (Wildman–Crippen LogP) is 7.95. The van der Waals surface area contributed by atoms with Crippen LogP contribution in [0.15, 0.2) is 48.2 Å². The molecule has 47 heavy (non-hydrogen) atoms. The lowest BCUT2D eigenvalue weighted by Crippen LogP contribution is -2.39. The Morgan fingerprint density at radius 2 is 1.74 bits per heavy atom. The van der Waals surface area contributed by atoms with Crippen LogP contribution in [0.5, 0.6) is 0 Å². The summed E-state index contributed by atoms with van der Waals surface area (Å²) in [5, 5.41) is 9.94. The molecular weight excluding hydrogens is 621 g/mol. The fourth-order valence-electron chi connectivity index (χ4n) is 5.21. The number of hydrogen-bond acceptors (Lipinski definition) is 6. The minimum atomic E-state index is -0.571. The maximum absolute atomic E-state index is 14.9. The van der Waals surface area contributed by atoms with Gasteiger partial charge in [-0.3, -0.25) is 14.4 Å². The highest BCUT2D eigenvalue weighted by Gasteiger charge is 2.23. The van der Waals surface area contributed by atoms with E-state index in [2.05, 4.69) is 16.1 Å². The number of allylic oxidation sites excluding steroid dienone is 3. The summed E-state index contributed by atoms with van der Waals surface area (Å²) in [6.45, 7) is 13.1. The van der Waals surface area contributed by atoms with E-state index >= 15 is 0 Å². The molecule has 0 spiro atoms. The molecule has 3 rings (SSSR count). The highest BCUT2D eigenvalue weighted by atomic mass is 35.5. The Morgan fingerprint density at radius 1 is 1.11 bits per heavy atom. The Labute approximate surface area is 288 Å². The first-order valence-corrected chi connectivity index (χ1v) is 17.2. The monoisotopic (exact) mass is 679 g/mol. The van der Waals surface area contributed by atoms with Gasteiger partial charge in [0.05, 0.1) is 30.2 Å². The van der Waals surface area contributed by atoms with Gasteiger partial charge in [0.15, 0.2) is 0 Å². The number of aliphatic hydroxyl groups excluding tert-OH is 1. The lowest BCUT2D eigenvalue weighted by atomic mass is 9.89. The van der Waals surface area contributed by atoms with Crippen LogP contribution < -0.4 is 5.32 Å². The number of anilines is 1. The molecule has 10 heteroatoms. The number of hydrogen-bond donors (Lipinski definition) is 2. The van der Waals surface area contributed by atoms with Crippen LogP contribution in [0.4, 0.5) is 10.1 Å². The van der Waals surface area contributed by atoms with Crippen LogP contribution in [-0.2, 0) is 25.5 Å². The summed E-state index contributed by atoms with van der Waals surface area (Å²) >= 11 is 6.38. The lowest BCUT2D eigenvalue weighted by Gasteiger charge is -2.27. The summed E-state index contributed by atoms with van der Waals surface area (Å²) in [5.41, 5.74) is 0.943. The summed E-state index contributed by atoms with van der Waals surface area (Å²) in [6.07, 6.45) is 17.2. The first kappa shape index (κ1) is 43.8. The van der Waals surface area contributed by atoms with E-state index in [1.165, 1.54) is 38.5 Å². The fourth-order valence-corrected chi connectivity index (χ4v) is 5.45. The molecule has 8 nitrogen and oxygen atoms in total. The number of halogens is 2. The van der Waals surface area contributed by atoms with Crippen LogP contribution in [-0.4, -0.2) is 73.1 Å². The van der Waals surface area contributed by atoms with Crippen LogP contribution in [0.3, 0.4) is 0 Å². The van der Waals surface area contributed by atoms with Crippen molar-refractivity contribution < 1.29 is 28.6 Å². The molecule has 1 aromatic carbocycles. The van der Waals surface area contributed by atoms with Crippen molar-refractivity contribution in [2.75, 3.05) is 39.7 Å². The molecular formula is C37H59ClFN3O5. The molecule has 2 amide bonds. The average molecular weight is 680 g/mol. The molecule has 1 heterocycles. The van der Waals surface area contributed by atoms with Crippen molar-refractivity contribution in [2.24, 2.45) is 11.8 Å². The number of esters is 1. The van der Waals surface area contributed by atoms with Crippen LogP contribution in [0.1, 0.15) is 92.1 Å². The van der Waals surface area contributed by atoms with E-state index in [1.807, 2.05) is 71.7 Å². The second-order valence-corrected chi connectivity index (χ2v) is 11.7. The number of nitrogens with zero attached hydrogens (tertiary/aromatic N) is 2. The summed E-state index contributed by atoms with van der Waals surface area (Å²) in [5.74, 6) is -0.998. The number of rotatable bonds is 8. The van der Waals surface area contributed by atoms with Gasteiger partial charge in [0.1, 0.15) is 5.82 Å². The highest BCUT2D eigenvalue weighted by Crippen LogP contribution is 2.28. The number of nitrogens with one attached hydrogen (secondary N) is 1. The van der Waals surface area contributed by atoms with Gasteiger partial charge in [-0.1, -0.05) is 82.9 Å². The molecule has 1 unspecified atom stereocenters. The summed E-state index contributed by atoms with van der Waals surface area (Å²) < 4.78 is 19.5. The third kappa shape index (κ3) is 15.5. The molecule has 1 fully saturated rings. The van der Waals surface area contributed by atoms with Gasteiger partial charge < -0.3 is 25.0 Å². The number of carbonyl (C=O) groups excluding carboxylic acids is 3. The molecule has 1 aromatic rings. The van der Waals surface area contributed by atoms with Gasteiger partial charge in [-0.2, -0.15) is 0 Å². The smallest absolute Gasteiger partial charge is 0.308 e. The summed E-state index contributed by atoms with van der Waals surface area (Å²) in [7, 11) is 4.37. The number of likely N-dealkylation sites (N-methyl/N-ethyl adjacent to an activating group) is 2. The molecule has 0 radical (unpaired) electrons. The second-order valence-electron chi connectivity index (χ2n) is 11.3. The number of aliphatic hydroxyl groups is 1. The fraction of sp³-hybridized carbons (Fsp3) is 0.595. The average Bonchev–Trinajstić information content (AvgIpc) is 3.09. The van der Waals surface area contributed by atoms with Crippen molar-refractivity contribution in [1.29, 1.82) is 0 Å². The standard InChI is InChI=1S/C26H35ClFN3O2.C8H14O2.C2H6.CH4O/c1-6-19(4)31(7-2)25(32)15-20-14-22(27)24(16-23(20)28)29-26(33)21-17-30(5)13-11-9-8-10-12-18(21)3;1-10-8(9)7-5-3-2-4-6-7;2*1-2/h9-12,14,16-19H,6-8,13,15H2,1-5H3,(H,29,33);7H,2-6H2,1H3;1-2H3;2H,1H3/b11-9-,12-10-,21-17+;;;/t18?,19-;;;/m1.../s1.